The van der Waals surface area contributed by atoms with Crippen molar-refractivity contribution in [1.82, 2.24) is 4.90 Å². The highest BCUT2D eigenvalue weighted by Crippen LogP contribution is 2.43. The van der Waals surface area contributed by atoms with Gasteiger partial charge in [-0.3, -0.25) is 4.90 Å². The predicted molar refractivity (Wildman–Crippen MR) is 127 cm³/mol. The van der Waals surface area contributed by atoms with Crippen molar-refractivity contribution in [1.29, 1.82) is 0 Å². The largest absolute Gasteiger partial charge is 0.497 e. The van der Waals surface area contributed by atoms with Gasteiger partial charge in [0.2, 0.25) is 0 Å². The third-order valence-electron chi connectivity index (χ3n) is 6.10. The van der Waals surface area contributed by atoms with Crippen molar-refractivity contribution in [2.75, 3.05) is 27.9 Å². The van der Waals surface area contributed by atoms with Crippen LogP contribution in [0.25, 0.3) is 21.5 Å². The number of hydrogen-bond acceptors (Lipinski definition) is 6. The van der Waals surface area contributed by atoms with Crippen molar-refractivity contribution in [3.63, 3.8) is 0 Å². The molecule has 3 aromatic rings. The summed E-state index contributed by atoms with van der Waals surface area (Å²) in [4.78, 5) is 14.6. The van der Waals surface area contributed by atoms with Crippen molar-refractivity contribution in [2.45, 2.75) is 45.4 Å². The lowest BCUT2D eigenvalue weighted by atomic mass is 9.85. The normalized spacial score (nSPS) is 16.0. The summed E-state index contributed by atoms with van der Waals surface area (Å²) >= 11 is 0. The number of ether oxygens (including phenoxy) is 4. The molecule has 0 aromatic heterocycles. The summed E-state index contributed by atoms with van der Waals surface area (Å²) in [6, 6.07) is 9.51. The third-order valence-corrected chi connectivity index (χ3v) is 6.10. The summed E-state index contributed by atoms with van der Waals surface area (Å²) in [7, 11) is 4.87. The summed E-state index contributed by atoms with van der Waals surface area (Å²) < 4.78 is 22.3. The van der Waals surface area contributed by atoms with E-state index in [1.54, 1.807) is 26.2 Å². The highest BCUT2D eigenvalue weighted by molar-refractivity contribution is 6.12. The molecule has 0 spiro atoms. The Morgan fingerprint density at radius 1 is 0.939 bits per heavy atom. The quantitative estimate of drug-likeness (QED) is 0.579. The van der Waals surface area contributed by atoms with Crippen molar-refractivity contribution in [2.24, 2.45) is 0 Å². The number of hydrogen-bond donors (Lipinski definition) is 1. The monoisotopic (exact) mass is 453 g/mol. The van der Waals surface area contributed by atoms with Crippen LogP contribution in [0.5, 0.6) is 17.2 Å². The van der Waals surface area contributed by atoms with E-state index in [2.05, 4.69) is 0 Å². The first-order chi connectivity index (χ1) is 15.7. The zero-order chi connectivity index (χ0) is 23.9. The maximum absolute atomic E-state index is 13.0. The molecule has 0 aliphatic carbocycles. The van der Waals surface area contributed by atoms with Crippen LogP contribution in [0.4, 0.5) is 4.79 Å². The molecular weight excluding hydrogens is 422 g/mol. The molecular formula is C26H31NO6. The van der Waals surface area contributed by atoms with Gasteiger partial charge in [-0.1, -0.05) is 6.07 Å². The molecule has 33 heavy (non-hydrogen) atoms. The Balaban J connectivity index is 1.99. The molecule has 0 unspecified atom stereocenters. The van der Waals surface area contributed by atoms with Gasteiger partial charge >= 0.3 is 6.09 Å². The number of amides is 1. The second-order valence-corrected chi connectivity index (χ2v) is 9.27. The van der Waals surface area contributed by atoms with E-state index in [-0.39, 0.29) is 12.6 Å². The van der Waals surface area contributed by atoms with Gasteiger partial charge in [-0.05, 0) is 84.1 Å². The standard InChI is InChI=1S/C26H31NO6/c1-26(2,3)33-25(29)27-13-22-17-8-7-16(30-4)10-19(17)21-12-24(32-6)23(31-5)11-20(21)18(22)9-15(27)14-28/h7-8,10-12,15,28H,9,13-14H2,1-6H3/t15-/m0/s1. The molecule has 0 saturated carbocycles. The molecule has 0 bridgehead atoms. The van der Waals surface area contributed by atoms with Gasteiger partial charge in [-0.15, -0.1) is 0 Å². The molecule has 176 valence electrons. The maximum Gasteiger partial charge on any atom is 0.410 e. The van der Waals surface area contributed by atoms with E-state index in [1.807, 2.05) is 51.1 Å². The fourth-order valence-corrected chi connectivity index (χ4v) is 4.57. The number of carbonyl (C=O) groups excluding carboxylic acids is 1. The Labute approximate surface area is 193 Å². The summed E-state index contributed by atoms with van der Waals surface area (Å²) in [5.74, 6) is 2.01. The highest BCUT2D eigenvalue weighted by atomic mass is 16.6. The first-order valence-corrected chi connectivity index (χ1v) is 11.0. The number of methoxy groups -OCH3 is 3. The van der Waals surface area contributed by atoms with Crippen LogP contribution in [0.1, 0.15) is 31.9 Å². The van der Waals surface area contributed by atoms with Crippen LogP contribution in [0.3, 0.4) is 0 Å². The molecule has 1 heterocycles. The first kappa shape index (κ1) is 23.0. The lowest BCUT2D eigenvalue weighted by Gasteiger charge is -2.38. The van der Waals surface area contributed by atoms with Gasteiger partial charge in [0.25, 0.3) is 0 Å². The first-order valence-electron chi connectivity index (χ1n) is 11.0. The van der Waals surface area contributed by atoms with Crippen molar-refractivity contribution < 1.29 is 28.8 Å². The van der Waals surface area contributed by atoms with Gasteiger partial charge in [0.05, 0.1) is 40.5 Å². The molecule has 7 heteroatoms. The molecule has 0 radical (unpaired) electrons. The third kappa shape index (κ3) is 4.13. The average Bonchev–Trinajstić information content (AvgIpc) is 2.80. The Morgan fingerprint density at radius 2 is 1.58 bits per heavy atom. The van der Waals surface area contributed by atoms with Gasteiger partial charge in [0.1, 0.15) is 11.4 Å². The SMILES string of the molecule is COc1ccc2c3c(c4cc(OC)c(OC)cc4c2c1)C[C@@H](CO)N(C(=O)OC(C)(C)C)C3. The second-order valence-electron chi connectivity index (χ2n) is 9.27. The molecule has 0 saturated heterocycles. The minimum absolute atomic E-state index is 0.159. The van der Waals surface area contributed by atoms with Gasteiger partial charge in [0, 0.05) is 0 Å². The minimum Gasteiger partial charge on any atom is -0.497 e. The molecule has 7 nitrogen and oxygen atoms in total. The molecule has 1 atom stereocenters. The average molecular weight is 454 g/mol. The van der Waals surface area contributed by atoms with E-state index in [1.165, 1.54) is 0 Å². The number of aliphatic hydroxyl groups excluding tert-OH is 1. The van der Waals surface area contributed by atoms with E-state index in [4.69, 9.17) is 18.9 Å². The molecule has 1 N–H and O–H groups in total. The van der Waals surface area contributed by atoms with Crippen molar-refractivity contribution >= 4 is 27.6 Å². The van der Waals surface area contributed by atoms with Gasteiger partial charge in [-0.25, -0.2) is 4.79 Å². The Morgan fingerprint density at radius 3 is 2.15 bits per heavy atom. The minimum atomic E-state index is -0.625. The number of nitrogens with zero attached hydrogens (tertiary/aromatic N) is 1. The highest BCUT2D eigenvalue weighted by Gasteiger charge is 2.34. The van der Waals surface area contributed by atoms with Crippen molar-refractivity contribution in [3.8, 4) is 17.2 Å². The van der Waals surface area contributed by atoms with Gasteiger partial charge < -0.3 is 24.1 Å². The maximum atomic E-state index is 13.0. The van der Waals surface area contributed by atoms with Crippen LogP contribution >= 0.6 is 0 Å². The van der Waals surface area contributed by atoms with Crippen LogP contribution in [0.15, 0.2) is 30.3 Å². The van der Waals surface area contributed by atoms with Crippen LogP contribution in [-0.2, 0) is 17.7 Å². The van der Waals surface area contributed by atoms with E-state index in [0.717, 1.165) is 38.4 Å². The fourth-order valence-electron chi connectivity index (χ4n) is 4.57. The predicted octanol–water partition coefficient (Wildman–Crippen LogP) is 4.67. The Hall–Kier alpha value is -3.19. The summed E-state index contributed by atoms with van der Waals surface area (Å²) in [6.07, 6.45) is 0.0697. The molecule has 1 aliphatic rings. The number of fused-ring (bicyclic) bond motifs is 6. The number of rotatable bonds is 4. The Bertz CT molecular complexity index is 1210. The Kier molecular flexibility index (Phi) is 6.01. The van der Waals surface area contributed by atoms with E-state index in [0.29, 0.717) is 24.5 Å². The molecule has 3 aromatic carbocycles. The molecule has 1 amide bonds. The lowest BCUT2D eigenvalue weighted by Crippen LogP contribution is -2.48. The van der Waals surface area contributed by atoms with Crippen LogP contribution < -0.4 is 14.2 Å². The van der Waals surface area contributed by atoms with Gasteiger partial charge in [0.15, 0.2) is 11.5 Å². The van der Waals surface area contributed by atoms with E-state index in [9.17, 15) is 9.90 Å². The number of benzene rings is 3. The zero-order valence-electron chi connectivity index (χ0n) is 20.0. The van der Waals surface area contributed by atoms with E-state index < -0.39 is 11.7 Å². The van der Waals surface area contributed by atoms with Crippen LogP contribution in [0, 0.1) is 0 Å². The van der Waals surface area contributed by atoms with Crippen molar-refractivity contribution in [3.05, 3.63) is 41.5 Å². The van der Waals surface area contributed by atoms with Crippen LogP contribution in [-0.4, -0.2) is 55.7 Å². The summed E-state index contributed by atoms with van der Waals surface area (Å²) in [5.41, 5.74) is 1.49. The second kappa shape index (κ2) is 8.63. The topological polar surface area (TPSA) is 77.5 Å². The van der Waals surface area contributed by atoms with Crippen LogP contribution in [0.2, 0.25) is 0 Å². The summed E-state index contributed by atoms with van der Waals surface area (Å²) in [5, 5.41) is 14.2. The summed E-state index contributed by atoms with van der Waals surface area (Å²) in [6.45, 7) is 5.69. The van der Waals surface area contributed by atoms with E-state index >= 15 is 0 Å². The molecule has 0 fully saturated rings. The number of aliphatic hydroxyl groups is 1. The zero-order valence-corrected chi connectivity index (χ0v) is 20.0. The number of carbonyl (C=O) groups is 1. The van der Waals surface area contributed by atoms with Gasteiger partial charge in [-0.2, -0.15) is 0 Å². The molecule has 4 rings (SSSR count). The lowest BCUT2D eigenvalue weighted by molar-refractivity contribution is 0.00486. The smallest absolute Gasteiger partial charge is 0.410 e. The fraction of sp³-hybridized carbons (Fsp3) is 0.423. The molecule has 1 aliphatic heterocycles.